The van der Waals surface area contributed by atoms with Crippen LogP contribution >= 0.6 is 0 Å². The number of benzene rings is 3. The first-order valence-electron chi connectivity index (χ1n) is 13.3. The van der Waals surface area contributed by atoms with Gasteiger partial charge in [0.25, 0.3) is 0 Å². The highest BCUT2D eigenvalue weighted by atomic mass is 16.5. The van der Waals surface area contributed by atoms with Gasteiger partial charge >= 0.3 is 0 Å². The summed E-state index contributed by atoms with van der Waals surface area (Å²) in [7, 11) is 0. The van der Waals surface area contributed by atoms with Gasteiger partial charge in [0.15, 0.2) is 0 Å². The molecule has 0 heterocycles. The Morgan fingerprint density at radius 2 is 1.23 bits per heavy atom. The molecule has 0 bridgehead atoms. The first-order chi connectivity index (χ1) is 16.8. The predicted molar refractivity (Wildman–Crippen MR) is 156 cm³/mol. The molecule has 0 N–H and O–H groups in total. The van der Waals surface area contributed by atoms with E-state index in [4.69, 9.17) is 9.47 Å². The van der Waals surface area contributed by atoms with E-state index in [0.717, 1.165) is 42.1 Å². The third-order valence-corrected chi connectivity index (χ3v) is 5.37. The van der Waals surface area contributed by atoms with E-state index in [9.17, 15) is 0 Å². The monoisotopic (exact) mass is 478 g/mol. The molecule has 0 radical (unpaired) electrons. The molecule has 0 amide bonds. The van der Waals surface area contributed by atoms with Gasteiger partial charge in [-0.2, -0.15) is 0 Å². The molecule has 0 saturated carbocycles. The fourth-order valence-electron chi connectivity index (χ4n) is 3.60. The highest BCUT2D eigenvalue weighted by molar-refractivity contribution is 5.73. The molecule has 0 aliphatic rings. The smallest absolute Gasteiger partial charge is 0.131 e. The van der Waals surface area contributed by atoms with E-state index in [2.05, 4.69) is 62.4 Å². The van der Waals surface area contributed by atoms with E-state index in [-0.39, 0.29) is 7.43 Å². The van der Waals surface area contributed by atoms with Crippen LogP contribution in [-0.2, 0) is 13.0 Å². The highest BCUT2D eigenvalue weighted by Gasteiger charge is 2.13. The van der Waals surface area contributed by atoms with Gasteiger partial charge in [0.1, 0.15) is 18.1 Å². The van der Waals surface area contributed by atoms with Crippen LogP contribution in [0.4, 0.5) is 0 Å². The molecule has 3 aromatic rings. The van der Waals surface area contributed by atoms with Gasteiger partial charge in [0.2, 0.25) is 0 Å². The third kappa shape index (κ3) is 11.5. The summed E-state index contributed by atoms with van der Waals surface area (Å²) >= 11 is 0. The second-order valence-corrected chi connectivity index (χ2v) is 7.71. The van der Waals surface area contributed by atoms with Crippen molar-refractivity contribution in [2.45, 2.75) is 94.1 Å². The lowest BCUT2D eigenvalue weighted by atomic mass is 10.00. The van der Waals surface area contributed by atoms with Crippen LogP contribution < -0.4 is 9.47 Å². The SMILES string of the molecule is C.CC.CC.CCCCCCCOc1cc(OCc2ccccc2)c(-c2ccccc2)cc1CC. The molecule has 194 valence electrons. The number of aryl methyl sites for hydroxylation is 1. The quantitative estimate of drug-likeness (QED) is 0.241. The lowest BCUT2D eigenvalue weighted by Gasteiger charge is -2.18. The van der Waals surface area contributed by atoms with Gasteiger partial charge in [-0.1, -0.05) is 135 Å². The van der Waals surface area contributed by atoms with Gasteiger partial charge < -0.3 is 9.47 Å². The first-order valence-corrected chi connectivity index (χ1v) is 13.3. The van der Waals surface area contributed by atoms with E-state index in [1.807, 2.05) is 52.0 Å². The van der Waals surface area contributed by atoms with Crippen molar-refractivity contribution in [1.82, 2.24) is 0 Å². The van der Waals surface area contributed by atoms with Crippen LogP contribution in [0, 0.1) is 0 Å². The normalized spacial score (nSPS) is 9.54. The maximum Gasteiger partial charge on any atom is 0.131 e. The molecule has 0 aliphatic heterocycles. The fourth-order valence-corrected chi connectivity index (χ4v) is 3.60. The highest BCUT2D eigenvalue weighted by Crippen LogP contribution is 2.37. The molecule has 3 rings (SSSR count). The van der Waals surface area contributed by atoms with Crippen molar-refractivity contribution >= 4 is 0 Å². The molecule has 0 atom stereocenters. The summed E-state index contributed by atoms with van der Waals surface area (Å²) in [6.45, 7) is 13.7. The molecule has 2 heteroatoms. The summed E-state index contributed by atoms with van der Waals surface area (Å²) in [5.74, 6) is 1.83. The Hall–Kier alpha value is -2.74. The maximum atomic E-state index is 6.30. The second-order valence-electron chi connectivity index (χ2n) is 7.71. The van der Waals surface area contributed by atoms with E-state index >= 15 is 0 Å². The topological polar surface area (TPSA) is 18.5 Å². The van der Waals surface area contributed by atoms with Gasteiger partial charge in [0.05, 0.1) is 6.61 Å². The van der Waals surface area contributed by atoms with Crippen LogP contribution in [0.1, 0.15) is 92.2 Å². The van der Waals surface area contributed by atoms with Gasteiger partial charge in [-0.3, -0.25) is 0 Å². The van der Waals surface area contributed by atoms with Crippen molar-refractivity contribution in [3.63, 3.8) is 0 Å². The number of hydrogen-bond donors (Lipinski definition) is 0. The number of hydrogen-bond acceptors (Lipinski definition) is 2. The van der Waals surface area contributed by atoms with E-state index < -0.39 is 0 Å². The van der Waals surface area contributed by atoms with Crippen LogP contribution in [0.2, 0.25) is 0 Å². The molecule has 0 spiro atoms. The van der Waals surface area contributed by atoms with Crippen LogP contribution in [-0.4, -0.2) is 6.61 Å². The third-order valence-electron chi connectivity index (χ3n) is 5.37. The van der Waals surface area contributed by atoms with Crippen molar-refractivity contribution in [2.75, 3.05) is 6.61 Å². The average Bonchev–Trinajstić information content (AvgIpc) is 2.92. The maximum absolute atomic E-state index is 6.30. The minimum atomic E-state index is 0. The van der Waals surface area contributed by atoms with Crippen molar-refractivity contribution in [3.8, 4) is 22.6 Å². The molecule has 0 aliphatic carbocycles. The minimum absolute atomic E-state index is 0. The number of rotatable bonds is 12. The Kier molecular flexibility index (Phi) is 19.0. The van der Waals surface area contributed by atoms with E-state index in [1.165, 1.54) is 36.8 Å². The zero-order valence-corrected chi connectivity index (χ0v) is 22.4. The van der Waals surface area contributed by atoms with E-state index in [0.29, 0.717) is 6.61 Å². The van der Waals surface area contributed by atoms with Crippen molar-refractivity contribution < 1.29 is 9.47 Å². The summed E-state index contributed by atoms with van der Waals surface area (Å²) in [4.78, 5) is 0. The minimum Gasteiger partial charge on any atom is -0.493 e. The molecule has 0 aromatic heterocycles. The van der Waals surface area contributed by atoms with Gasteiger partial charge in [-0.05, 0) is 35.6 Å². The summed E-state index contributed by atoms with van der Waals surface area (Å²) < 4.78 is 12.5. The van der Waals surface area contributed by atoms with Crippen LogP contribution in [0.5, 0.6) is 11.5 Å². The van der Waals surface area contributed by atoms with Crippen LogP contribution in [0.3, 0.4) is 0 Å². The van der Waals surface area contributed by atoms with Crippen molar-refractivity contribution in [1.29, 1.82) is 0 Å². The van der Waals surface area contributed by atoms with Crippen LogP contribution in [0.25, 0.3) is 11.1 Å². The standard InChI is InChI=1S/C28H34O2.2C2H6.CH4/c1-3-5-6-7-14-19-29-27-21-28(30-22-23-15-10-8-11-16-23)26(20-24(27)4-2)25-17-12-9-13-18-25;2*1-2;/h8-13,15-18,20-21H,3-7,14,19,22H2,1-2H3;2*1-2H3;1H4. The Balaban J connectivity index is 0.00000220. The fraction of sp³-hybridized carbons (Fsp3) is 0.455. The zero-order valence-electron chi connectivity index (χ0n) is 22.4. The van der Waals surface area contributed by atoms with Gasteiger partial charge in [-0.25, -0.2) is 0 Å². The summed E-state index contributed by atoms with van der Waals surface area (Å²) in [5, 5.41) is 0. The molecule has 0 saturated heterocycles. The molecule has 35 heavy (non-hydrogen) atoms. The van der Waals surface area contributed by atoms with Crippen LogP contribution in [0.15, 0.2) is 72.8 Å². The molecule has 2 nitrogen and oxygen atoms in total. The van der Waals surface area contributed by atoms with E-state index in [1.54, 1.807) is 0 Å². The molecule has 0 unspecified atom stereocenters. The summed E-state index contributed by atoms with van der Waals surface area (Å²) in [6.07, 6.45) is 7.13. The lowest BCUT2D eigenvalue weighted by molar-refractivity contribution is 0.289. The average molecular weight is 479 g/mol. The number of unbranched alkanes of at least 4 members (excludes halogenated alkanes) is 4. The second kappa shape index (κ2) is 20.6. The summed E-state index contributed by atoms with van der Waals surface area (Å²) in [5.41, 5.74) is 4.68. The van der Waals surface area contributed by atoms with Gasteiger partial charge in [-0.15, -0.1) is 0 Å². The van der Waals surface area contributed by atoms with Gasteiger partial charge in [0, 0.05) is 11.6 Å². The molecular formula is C33H50O2. The van der Waals surface area contributed by atoms with Crippen molar-refractivity contribution in [2.24, 2.45) is 0 Å². The first kappa shape index (κ1) is 32.3. The molecule has 3 aromatic carbocycles. The predicted octanol–water partition coefficient (Wildman–Crippen LogP) is 10.5. The van der Waals surface area contributed by atoms with Crippen molar-refractivity contribution in [3.05, 3.63) is 83.9 Å². The largest absolute Gasteiger partial charge is 0.493 e. The Morgan fingerprint density at radius 1 is 0.629 bits per heavy atom. The summed E-state index contributed by atoms with van der Waals surface area (Å²) in [6, 6.07) is 25.1. The Bertz CT molecular complexity index is 872. The molecular weight excluding hydrogens is 428 g/mol. The molecule has 0 fully saturated rings. The number of ether oxygens (including phenoxy) is 2. The Morgan fingerprint density at radius 3 is 1.83 bits per heavy atom. The zero-order chi connectivity index (χ0) is 25.0. The lowest BCUT2D eigenvalue weighted by Crippen LogP contribution is -2.03. The Labute approximate surface area is 216 Å².